The van der Waals surface area contributed by atoms with E-state index in [4.69, 9.17) is 9.84 Å². The van der Waals surface area contributed by atoms with E-state index in [9.17, 15) is 18.4 Å². The van der Waals surface area contributed by atoms with Gasteiger partial charge >= 0.3 is 5.97 Å². The first-order valence-corrected chi connectivity index (χ1v) is 7.49. The summed E-state index contributed by atoms with van der Waals surface area (Å²) in [5.41, 5.74) is -0.787. The van der Waals surface area contributed by atoms with Crippen molar-refractivity contribution >= 4 is 11.9 Å². The third-order valence-electron chi connectivity index (χ3n) is 4.10. The summed E-state index contributed by atoms with van der Waals surface area (Å²) in [7, 11) is 0. The van der Waals surface area contributed by atoms with Gasteiger partial charge in [0.2, 0.25) is 5.91 Å². The van der Waals surface area contributed by atoms with Gasteiger partial charge in [-0.15, -0.1) is 0 Å². The van der Waals surface area contributed by atoms with Crippen LogP contribution >= 0.6 is 0 Å². The highest BCUT2D eigenvalue weighted by molar-refractivity contribution is 5.88. The van der Waals surface area contributed by atoms with Crippen molar-refractivity contribution in [1.82, 2.24) is 5.32 Å². The first-order chi connectivity index (χ1) is 11.0. The van der Waals surface area contributed by atoms with Crippen LogP contribution in [0.3, 0.4) is 0 Å². The number of nitrogens with one attached hydrogen (secondary N) is 1. The average molecular weight is 327 g/mol. The van der Waals surface area contributed by atoms with Crippen molar-refractivity contribution in [3.8, 4) is 0 Å². The topological polar surface area (TPSA) is 75.6 Å². The summed E-state index contributed by atoms with van der Waals surface area (Å²) in [6, 6.07) is 3.27. The van der Waals surface area contributed by atoms with Gasteiger partial charge in [-0.3, -0.25) is 4.79 Å². The van der Waals surface area contributed by atoms with E-state index < -0.39 is 29.6 Å². The zero-order valence-corrected chi connectivity index (χ0v) is 12.6. The highest BCUT2D eigenvalue weighted by atomic mass is 19.1. The maximum absolute atomic E-state index is 14.1. The van der Waals surface area contributed by atoms with Gasteiger partial charge in [0.15, 0.2) is 0 Å². The van der Waals surface area contributed by atoms with E-state index in [-0.39, 0.29) is 24.6 Å². The molecule has 1 aromatic rings. The zero-order valence-electron chi connectivity index (χ0n) is 12.6. The molecule has 7 heteroatoms. The summed E-state index contributed by atoms with van der Waals surface area (Å²) < 4.78 is 32.1. The van der Waals surface area contributed by atoms with Gasteiger partial charge in [-0.1, -0.05) is 18.9 Å². The molecule has 1 aliphatic rings. The summed E-state index contributed by atoms with van der Waals surface area (Å²) in [5, 5.41) is 11.1. The molecule has 0 bridgehead atoms. The minimum absolute atomic E-state index is 0.0556. The maximum atomic E-state index is 14.1. The fourth-order valence-corrected chi connectivity index (χ4v) is 3.04. The van der Waals surface area contributed by atoms with Gasteiger partial charge in [-0.2, -0.15) is 0 Å². The third-order valence-corrected chi connectivity index (χ3v) is 4.10. The van der Waals surface area contributed by atoms with E-state index in [0.29, 0.717) is 12.8 Å². The van der Waals surface area contributed by atoms with E-state index in [0.717, 1.165) is 25.0 Å². The second kappa shape index (κ2) is 7.50. The van der Waals surface area contributed by atoms with Crippen molar-refractivity contribution in [2.24, 2.45) is 0 Å². The molecule has 2 N–H and O–H groups in total. The molecule has 0 unspecified atom stereocenters. The number of hydrogen-bond acceptors (Lipinski definition) is 3. The Kier molecular flexibility index (Phi) is 5.65. The van der Waals surface area contributed by atoms with Crippen molar-refractivity contribution in [2.75, 3.05) is 19.8 Å². The van der Waals surface area contributed by atoms with Gasteiger partial charge in [0.1, 0.15) is 18.2 Å². The summed E-state index contributed by atoms with van der Waals surface area (Å²) in [5.74, 6) is -2.82. The smallest absolute Gasteiger partial charge is 0.329 e. The second-order valence-corrected chi connectivity index (χ2v) is 5.62. The Morgan fingerprint density at radius 2 is 1.96 bits per heavy atom. The lowest BCUT2D eigenvalue weighted by molar-refractivity contribution is -0.142. The van der Waals surface area contributed by atoms with Crippen LogP contribution < -0.4 is 5.32 Å². The second-order valence-electron chi connectivity index (χ2n) is 5.62. The van der Waals surface area contributed by atoms with E-state index in [1.807, 2.05) is 0 Å². The number of carboxylic acid groups (broad SMARTS) is 1. The van der Waals surface area contributed by atoms with Gasteiger partial charge in [-0.25, -0.2) is 13.6 Å². The van der Waals surface area contributed by atoms with E-state index in [2.05, 4.69) is 5.32 Å². The molecule has 1 amide bonds. The Hall–Kier alpha value is -2.02. The number of carboxylic acids is 1. The number of carbonyl (C=O) groups excluding carboxylic acids is 1. The van der Waals surface area contributed by atoms with Crippen LogP contribution in [0, 0.1) is 11.6 Å². The molecule has 1 aromatic carbocycles. The molecule has 1 aliphatic carbocycles. The van der Waals surface area contributed by atoms with Crippen LogP contribution in [0.4, 0.5) is 8.78 Å². The molecular weight excluding hydrogens is 308 g/mol. The van der Waals surface area contributed by atoms with Crippen LogP contribution in [0.2, 0.25) is 0 Å². The van der Waals surface area contributed by atoms with Gasteiger partial charge < -0.3 is 15.2 Å². The molecule has 0 spiro atoms. The molecule has 126 valence electrons. The molecule has 0 radical (unpaired) electrons. The predicted octanol–water partition coefficient (Wildman–Crippen LogP) is 1.99. The molecule has 2 rings (SSSR count). The fourth-order valence-electron chi connectivity index (χ4n) is 3.04. The number of amides is 1. The first-order valence-electron chi connectivity index (χ1n) is 7.49. The Balaban J connectivity index is 2.05. The summed E-state index contributed by atoms with van der Waals surface area (Å²) in [6.45, 7) is -0.246. The minimum atomic E-state index is -1.09. The molecular formula is C16H19F2NO4. The predicted molar refractivity (Wildman–Crippen MR) is 78.0 cm³/mol. The van der Waals surface area contributed by atoms with E-state index >= 15 is 0 Å². The summed E-state index contributed by atoms with van der Waals surface area (Å²) in [4.78, 5) is 22.9. The largest absolute Gasteiger partial charge is 0.480 e. The van der Waals surface area contributed by atoms with Crippen molar-refractivity contribution < 1.29 is 28.2 Å². The van der Waals surface area contributed by atoms with Crippen LogP contribution in [0.5, 0.6) is 0 Å². The molecule has 1 saturated carbocycles. The number of rotatable bonds is 7. The van der Waals surface area contributed by atoms with Gasteiger partial charge in [0.05, 0.1) is 12.0 Å². The lowest BCUT2D eigenvalue weighted by Crippen LogP contribution is -2.44. The number of ether oxygens (including phenoxy) is 1. The Bertz CT molecular complexity index is 585. The van der Waals surface area contributed by atoms with Crippen LogP contribution in [0.1, 0.15) is 31.2 Å². The molecule has 0 aliphatic heterocycles. The summed E-state index contributed by atoms with van der Waals surface area (Å²) >= 11 is 0. The Morgan fingerprint density at radius 3 is 2.57 bits per heavy atom. The fraction of sp³-hybridized carbons (Fsp3) is 0.500. The van der Waals surface area contributed by atoms with Crippen molar-refractivity contribution in [3.63, 3.8) is 0 Å². The molecule has 0 aromatic heterocycles. The zero-order chi connectivity index (χ0) is 16.9. The molecule has 0 heterocycles. The average Bonchev–Trinajstić information content (AvgIpc) is 2.97. The SMILES string of the molecule is O=C(O)COCCNC(=O)C1(c2ccc(F)cc2F)CCCC1. The first kappa shape index (κ1) is 17.3. The monoisotopic (exact) mass is 327 g/mol. The number of benzene rings is 1. The number of hydrogen-bond donors (Lipinski definition) is 2. The van der Waals surface area contributed by atoms with Crippen molar-refractivity contribution in [3.05, 3.63) is 35.4 Å². The van der Waals surface area contributed by atoms with Gasteiger partial charge in [-0.05, 0) is 18.9 Å². The summed E-state index contributed by atoms with van der Waals surface area (Å²) in [6.07, 6.45) is 2.58. The van der Waals surface area contributed by atoms with Gasteiger partial charge in [0.25, 0.3) is 0 Å². The molecule has 0 atom stereocenters. The highest BCUT2D eigenvalue weighted by Gasteiger charge is 2.44. The van der Waals surface area contributed by atoms with E-state index in [1.54, 1.807) is 0 Å². The quantitative estimate of drug-likeness (QED) is 0.751. The van der Waals surface area contributed by atoms with E-state index in [1.165, 1.54) is 6.07 Å². The molecule has 1 fully saturated rings. The lowest BCUT2D eigenvalue weighted by atomic mass is 9.77. The van der Waals surface area contributed by atoms with Crippen LogP contribution in [0.25, 0.3) is 0 Å². The number of carbonyl (C=O) groups is 2. The third kappa shape index (κ3) is 4.04. The Labute approximate surface area is 132 Å². The van der Waals surface area contributed by atoms with Crippen LogP contribution in [0.15, 0.2) is 18.2 Å². The lowest BCUT2D eigenvalue weighted by Gasteiger charge is -2.28. The number of halogens is 2. The maximum Gasteiger partial charge on any atom is 0.329 e. The molecule has 23 heavy (non-hydrogen) atoms. The minimum Gasteiger partial charge on any atom is -0.480 e. The van der Waals surface area contributed by atoms with Crippen LogP contribution in [-0.2, 0) is 19.7 Å². The number of aliphatic carboxylic acids is 1. The standard InChI is InChI=1S/C16H19F2NO4/c17-11-3-4-12(13(18)9-11)16(5-1-2-6-16)15(22)19-7-8-23-10-14(20)21/h3-4,9H,1-2,5-8,10H2,(H,19,22)(H,20,21). The van der Waals surface area contributed by atoms with Gasteiger partial charge in [0, 0.05) is 18.2 Å². The highest BCUT2D eigenvalue weighted by Crippen LogP contribution is 2.42. The van der Waals surface area contributed by atoms with Crippen molar-refractivity contribution in [2.45, 2.75) is 31.1 Å². The van der Waals surface area contributed by atoms with Crippen LogP contribution in [-0.4, -0.2) is 36.7 Å². The normalized spacial score (nSPS) is 16.3. The van der Waals surface area contributed by atoms with Crippen molar-refractivity contribution in [1.29, 1.82) is 0 Å². The Morgan fingerprint density at radius 1 is 1.26 bits per heavy atom. The molecule has 5 nitrogen and oxygen atoms in total. The molecule has 0 saturated heterocycles.